The van der Waals surface area contributed by atoms with E-state index in [9.17, 15) is 18.0 Å². The highest BCUT2D eigenvalue weighted by atomic mass is 19.4. The van der Waals surface area contributed by atoms with Gasteiger partial charge in [0.25, 0.3) is 0 Å². The first-order valence-electron chi connectivity index (χ1n) is 5.72. The van der Waals surface area contributed by atoms with Gasteiger partial charge in [0, 0.05) is 5.69 Å². The van der Waals surface area contributed by atoms with E-state index in [1.807, 2.05) is 0 Å². The number of alkyl halides is 3. The Hall–Kier alpha value is -1.76. The summed E-state index contributed by atoms with van der Waals surface area (Å²) in [5, 5.41) is 14.0. The van der Waals surface area contributed by atoms with Gasteiger partial charge in [-0.05, 0) is 37.1 Å². The number of benzene rings is 1. The van der Waals surface area contributed by atoms with Crippen molar-refractivity contribution in [3.8, 4) is 0 Å². The third kappa shape index (κ3) is 3.37. The fraction of sp³-hybridized carbons (Fsp3) is 0.417. The standard InChI is InChI=1S/C12H13F3N2O2/c13-12(14,15)8-1-3-9(4-2-8)16-10(19)17-11(7-18)5-6-11/h1-4,18H,5-7H2,(H2,16,17,19). The van der Waals surface area contributed by atoms with Crippen LogP contribution in [0.15, 0.2) is 24.3 Å². The van der Waals surface area contributed by atoms with Gasteiger partial charge in [0.1, 0.15) is 0 Å². The molecule has 1 aromatic rings. The van der Waals surface area contributed by atoms with Crippen LogP contribution in [0.25, 0.3) is 0 Å². The number of hydrogen-bond acceptors (Lipinski definition) is 2. The van der Waals surface area contributed by atoms with Gasteiger partial charge in [0.15, 0.2) is 0 Å². The van der Waals surface area contributed by atoms with E-state index >= 15 is 0 Å². The number of halogens is 3. The summed E-state index contributed by atoms with van der Waals surface area (Å²) in [6, 6.07) is 3.62. The van der Waals surface area contributed by atoms with Gasteiger partial charge in [0.2, 0.25) is 0 Å². The monoisotopic (exact) mass is 274 g/mol. The molecule has 19 heavy (non-hydrogen) atoms. The summed E-state index contributed by atoms with van der Waals surface area (Å²) < 4.78 is 37.0. The van der Waals surface area contributed by atoms with E-state index in [2.05, 4.69) is 10.6 Å². The molecule has 0 heterocycles. The summed E-state index contributed by atoms with van der Waals surface area (Å²) in [6.07, 6.45) is -3.00. The number of carbonyl (C=O) groups excluding carboxylic acids is 1. The molecule has 1 aliphatic rings. The second-order valence-corrected chi connectivity index (χ2v) is 4.59. The Morgan fingerprint density at radius 2 is 1.84 bits per heavy atom. The van der Waals surface area contributed by atoms with Gasteiger partial charge in [-0.3, -0.25) is 0 Å². The number of nitrogens with one attached hydrogen (secondary N) is 2. The minimum atomic E-state index is -4.39. The quantitative estimate of drug-likeness (QED) is 0.792. The zero-order valence-corrected chi connectivity index (χ0v) is 9.92. The zero-order valence-electron chi connectivity index (χ0n) is 9.92. The molecule has 2 amide bonds. The number of carbonyl (C=O) groups is 1. The molecular formula is C12H13F3N2O2. The minimum absolute atomic E-state index is 0.145. The van der Waals surface area contributed by atoms with Gasteiger partial charge < -0.3 is 15.7 Å². The van der Waals surface area contributed by atoms with E-state index in [0.717, 1.165) is 12.1 Å². The van der Waals surface area contributed by atoms with Crippen LogP contribution >= 0.6 is 0 Å². The Bertz CT molecular complexity index is 467. The molecule has 2 rings (SSSR count). The molecule has 0 spiro atoms. The summed E-state index contributed by atoms with van der Waals surface area (Å²) in [5.41, 5.74) is -1.07. The first kappa shape index (κ1) is 13.7. The first-order valence-corrected chi connectivity index (χ1v) is 5.72. The molecule has 0 saturated heterocycles. The average molecular weight is 274 g/mol. The summed E-state index contributed by atoms with van der Waals surface area (Å²) >= 11 is 0. The lowest BCUT2D eigenvalue weighted by molar-refractivity contribution is -0.137. The fourth-order valence-electron chi connectivity index (χ4n) is 1.62. The van der Waals surface area contributed by atoms with Crippen molar-refractivity contribution < 1.29 is 23.1 Å². The largest absolute Gasteiger partial charge is 0.416 e. The number of urea groups is 1. The molecule has 0 aromatic heterocycles. The second-order valence-electron chi connectivity index (χ2n) is 4.59. The van der Waals surface area contributed by atoms with Crippen LogP contribution in [-0.4, -0.2) is 23.3 Å². The van der Waals surface area contributed by atoms with Gasteiger partial charge >= 0.3 is 12.2 Å². The number of amides is 2. The molecule has 0 aliphatic heterocycles. The molecule has 3 N–H and O–H groups in total. The smallest absolute Gasteiger partial charge is 0.394 e. The Morgan fingerprint density at radius 3 is 2.26 bits per heavy atom. The first-order chi connectivity index (χ1) is 8.85. The SMILES string of the molecule is O=C(Nc1ccc(C(F)(F)F)cc1)NC1(CO)CC1. The summed E-state index contributed by atoms with van der Waals surface area (Å²) in [5.74, 6) is 0. The van der Waals surface area contributed by atoms with Crippen molar-refractivity contribution in [3.63, 3.8) is 0 Å². The number of anilines is 1. The van der Waals surface area contributed by atoms with Crippen LogP contribution in [0.5, 0.6) is 0 Å². The van der Waals surface area contributed by atoms with Crippen molar-refractivity contribution in [2.75, 3.05) is 11.9 Å². The molecule has 1 fully saturated rings. The summed E-state index contributed by atoms with van der Waals surface area (Å²) in [6.45, 7) is -0.145. The predicted octanol–water partition coefficient (Wildman–Crippen LogP) is 2.35. The molecule has 104 valence electrons. The highest BCUT2D eigenvalue weighted by Gasteiger charge is 2.43. The number of hydrogen-bond donors (Lipinski definition) is 3. The van der Waals surface area contributed by atoms with Crippen LogP contribution in [0.1, 0.15) is 18.4 Å². The number of aliphatic hydroxyl groups excluding tert-OH is 1. The second kappa shape index (κ2) is 4.73. The Kier molecular flexibility index (Phi) is 3.40. The minimum Gasteiger partial charge on any atom is -0.394 e. The predicted molar refractivity (Wildman–Crippen MR) is 62.6 cm³/mol. The van der Waals surface area contributed by atoms with Gasteiger partial charge in [-0.15, -0.1) is 0 Å². The zero-order chi connectivity index (χ0) is 14.1. The van der Waals surface area contributed by atoms with Crippen molar-refractivity contribution in [2.45, 2.75) is 24.6 Å². The lowest BCUT2D eigenvalue weighted by Crippen LogP contribution is -2.42. The third-order valence-electron chi connectivity index (χ3n) is 3.01. The highest BCUT2D eigenvalue weighted by Crippen LogP contribution is 2.34. The van der Waals surface area contributed by atoms with E-state index in [4.69, 9.17) is 5.11 Å². The normalized spacial score (nSPS) is 16.8. The average Bonchev–Trinajstić information content (AvgIpc) is 3.09. The van der Waals surface area contributed by atoms with Gasteiger partial charge in [-0.25, -0.2) is 4.79 Å². The molecule has 1 aliphatic carbocycles. The van der Waals surface area contributed by atoms with Crippen LogP contribution in [-0.2, 0) is 6.18 Å². The van der Waals surface area contributed by atoms with Gasteiger partial charge in [-0.2, -0.15) is 13.2 Å². The molecular weight excluding hydrogens is 261 g/mol. The lowest BCUT2D eigenvalue weighted by atomic mass is 10.2. The van der Waals surface area contributed by atoms with E-state index in [-0.39, 0.29) is 12.3 Å². The van der Waals surface area contributed by atoms with Crippen molar-refractivity contribution in [2.24, 2.45) is 0 Å². The van der Waals surface area contributed by atoms with Crippen LogP contribution in [0.4, 0.5) is 23.7 Å². The molecule has 1 saturated carbocycles. The number of rotatable bonds is 3. The summed E-state index contributed by atoms with van der Waals surface area (Å²) in [7, 11) is 0. The van der Waals surface area contributed by atoms with E-state index in [1.54, 1.807) is 0 Å². The molecule has 4 nitrogen and oxygen atoms in total. The van der Waals surface area contributed by atoms with Crippen molar-refractivity contribution in [1.82, 2.24) is 5.32 Å². The van der Waals surface area contributed by atoms with Crippen molar-refractivity contribution in [3.05, 3.63) is 29.8 Å². The topological polar surface area (TPSA) is 61.4 Å². The van der Waals surface area contributed by atoms with E-state index in [1.165, 1.54) is 12.1 Å². The molecule has 7 heteroatoms. The van der Waals surface area contributed by atoms with Crippen molar-refractivity contribution >= 4 is 11.7 Å². The Balaban J connectivity index is 1.94. The van der Waals surface area contributed by atoms with E-state index in [0.29, 0.717) is 12.8 Å². The van der Waals surface area contributed by atoms with Crippen LogP contribution in [0.3, 0.4) is 0 Å². The molecule has 0 radical (unpaired) electrons. The number of aliphatic hydroxyl groups is 1. The van der Waals surface area contributed by atoms with Gasteiger partial charge in [0.05, 0.1) is 17.7 Å². The van der Waals surface area contributed by atoms with Crippen LogP contribution in [0, 0.1) is 0 Å². The maximum Gasteiger partial charge on any atom is 0.416 e. The third-order valence-corrected chi connectivity index (χ3v) is 3.01. The lowest BCUT2D eigenvalue weighted by Gasteiger charge is -2.15. The van der Waals surface area contributed by atoms with E-state index < -0.39 is 23.3 Å². The van der Waals surface area contributed by atoms with Crippen LogP contribution in [0.2, 0.25) is 0 Å². The molecule has 0 unspecified atom stereocenters. The summed E-state index contributed by atoms with van der Waals surface area (Å²) in [4.78, 5) is 11.6. The molecule has 0 bridgehead atoms. The van der Waals surface area contributed by atoms with Crippen molar-refractivity contribution in [1.29, 1.82) is 0 Å². The van der Waals surface area contributed by atoms with Gasteiger partial charge in [-0.1, -0.05) is 0 Å². The fourth-order valence-corrected chi connectivity index (χ4v) is 1.62. The van der Waals surface area contributed by atoms with Crippen LogP contribution < -0.4 is 10.6 Å². The highest BCUT2D eigenvalue weighted by molar-refractivity contribution is 5.90. The Morgan fingerprint density at radius 1 is 1.26 bits per heavy atom. The molecule has 0 atom stereocenters. The molecule has 1 aromatic carbocycles. The maximum atomic E-state index is 12.3. The maximum absolute atomic E-state index is 12.3. The Labute approximate surface area is 107 Å².